The molecule has 0 unspecified atom stereocenters. The summed E-state index contributed by atoms with van der Waals surface area (Å²) in [6.45, 7) is 1.00. The largest absolute Gasteiger partial charge is 0.416 e. The van der Waals surface area contributed by atoms with Gasteiger partial charge in [-0.3, -0.25) is 14.4 Å². The van der Waals surface area contributed by atoms with Crippen molar-refractivity contribution in [1.29, 1.82) is 5.26 Å². The molecule has 5 rings (SSSR count). The number of hydrogen-bond donors (Lipinski definition) is 1. The Morgan fingerprint density at radius 1 is 1.10 bits per heavy atom. The normalized spacial score (nSPS) is 13.3. The van der Waals surface area contributed by atoms with Crippen molar-refractivity contribution in [2.45, 2.75) is 19.6 Å². The van der Waals surface area contributed by atoms with Crippen LogP contribution < -0.4 is 9.62 Å². The summed E-state index contributed by atoms with van der Waals surface area (Å²) in [5.41, 5.74) is 0.350. The first kappa shape index (κ1) is 26.8. The SMILES string of the molecule is CCS(=O)(=O)Nc1cc(-c2cc(C#N)ccc2-c2nncn2C)cc(N2Cc3c(cccc3C(F)(F)F)C2=O)n1. The van der Waals surface area contributed by atoms with Gasteiger partial charge in [0.1, 0.15) is 18.0 Å². The number of hydrogen-bond acceptors (Lipinski definition) is 7. The summed E-state index contributed by atoms with van der Waals surface area (Å²) < 4.78 is 69.9. The van der Waals surface area contributed by atoms with E-state index in [0.717, 1.165) is 17.0 Å². The average Bonchev–Trinajstić information content (AvgIpc) is 3.50. The minimum absolute atomic E-state index is 0.0769. The van der Waals surface area contributed by atoms with Gasteiger partial charge in [-0.25, -0.2) is 13.4 Å². The summed E-state index contributed by atoms with van der Waals surface area (Å²) >= 11 is 0. The zero-order valence-electron chi connectivity index (χ0n) is 21.1. The number of pyridine rings is 1. The van der Waals surface area contributed by atoms with Gasteiger partial charge in [-0.2, -0.15) is 18.4 Å². The van der Waals surface area contributed by atoms with E-state index in [1.165, 1.54) is 31.5 Å². The van der Waals surface area contributed by atoms with Crippen molar-refractivity contribution in [3.8, 4) is 28.6 Å². The van der Waals surface area contributed by atoms with E-state index in [2.05, 4.69) is 26.0 Å². The molecular formula is C26H20F3N7O3S. The Bertz CT molecular complexity index is 1810. The number of nitrogens with one attached hydrogen (secondary N) is 1. The molecule has 10 nitrogen and oxygen atoms in total. The van der Waals surface area contributed by atoms with Crippen LogP contribution in [0.2, 0.25) is 0 Å². The van der Waals surface area contributed by atoms with Crippen molar-refractivity contribution < 1.29 is 26.4 Å². The third kappa shape index (κ3) is 4.87. The molecule has 40 heavy (non-hydrogen) atoms. The standard InChI is InChI=1S/C26H20F3N7O3S/c1-3-40(38,39)34-22-10-16(19-9-15(12-30)7-8-17(19)24-33-31-14-35(24)2)11-23(32-22)36-13-20-18(25(36)37)5-4-6-21(20)26(27,28)29/h4-11,14H,3,13H2,1-2H3,(H,32,34). The number of aromatic nitrogens is 4. The Morgan fingerprint density at radius 2 is 1.88 bits per heavy atom. The van der Waals surface area contributed by atoms with Gasteiger partial charge >= 0.3 is 6.18 Å². The number of amides is 1. The molecule has 0 fully saturated rings. The van der Waals surface area contributed by atoms with Crippen LogP contribution in [0.5, 0.6) is 0 Å². The minimum atomic E-state index is -4.68. The summed E-state index contributed by atoms with van der Waals surface area (Å²) in [6, 6.07) is 13.1. The Hall–Kier alpha value is -4.77. The van der Waals surface area contributed by atoms with Crippen molar-refractivity contribution in [2.75, 3.05) is 15.4 Å². The molecule has 2 aromatic carbocycles. The highest BCUT2D eigenvalue weighted by molar-refractivity contribution is 7.92. The third-order valence-corrected chi connectivity index (χ3v) is 7.69. The van der Waals surface area contributed by atoms with Gasteiger partial charge in [-0.05, 0) is 66.1 Å². The van der Waals surface area contributed by atoms with E-state index in [1.807, 2.05) is 0 Å². The van der Waals surface area contributed by atoms with Gasteiger partial charge in [0.05, 0.1) is 29.5 Å². The second kappa shape index (κ2) is 9.76. The lowest BCUT2D eigenvalue weighted by Gasteiger charge is -2.19. The highest BCUT2D eigenvalue weighted by Gasteiger charge is 2.40. The number of halogens is 3. The highest BCUT2D eigenvalue weighted by atomic mass is 32.2. The molecule has 0 saturated carbocycles. The summed E-state index contributed by atoms with van der Waals surface area (Å²) in [4.78, 5) is 18.6. The first-order chi connectivity index (χ1) is 18.9. The Kier molecular flexibility index (Phi) is 6.54. The number of sulfonamides is 1. The molecule has 1 amide bonds. The number of rotatable bonds is 6. The van der Waals surface area contributed by atoms with Crippen molar-refractivity contribution in [3.63, 3.8) is 0 Å². The monoisotopic (exact) mass is 567 g/mol. The molecule has 0 radical (unpaired) electrons. The molecule has 0 saturated heterocycles. The number of anilines is 2. The van der Waals surface area contributed by atoms with E-state index >= 15 is 0 Å². The van der Waals surface area contributed by atoms with E-state index in [1.54, 1.807) is 29.8 Å². The Balaban J connectivity index is 1.71. The number of nitriles is 1. The first-order valence-electron chi connectivity index (χ1n) is 11.8. The maximum absolute atomic E-state index is 13.7. The van der Waals surface area contributed by atoms with Gasteiger partial charge in [0, 0.05) is 18.2 Å². The number of fused-ring (bicyclic) bond motifs is 1. The fraction of sp³-hybridized carbons (Fsp3) is 0.192. The predicted molar refractivity (Wildman–Crippen MR) is 139 cm³/mol. The van der Waals surface area contributed by atoms with Crippen LogP contribution in [0, 0.1) is 11.3 Å². The topological polar surface area (TPSA) is 134 Å². The zero-order valence-corrected chi connectivity index (χ0v) is 21.9. The minimum Gasteiger partial charge on any atom is -0.317 e. The van der Waals surface area contributed by atoms with Crippen LogP contribution in [0.4, 0.5) is 24.8 Å². The van der Waals surface area contributed by atoms with E-state index in [4.69, 9.17) is 0 Å². The molecule has 3 heterocycles. The number of nitrogens with zero attached hydrogens (tertiary/aromatic N) is 6. The molecule has 0 spiro atoms. The number of carbonyl (C=O) groups is 1. The van der Waals surface area contributed by atoms with Crippen LogP contribution in [0.25, 0.3) is 22.5 Å². The van der Waals surface area contributed by atoms with Gasteiger partial charge in [-0.1, -0.05) is 6.07 Å². The molecule has 1 N–H and O–H groups in total. The quantitative estimate of drug-likeness (QED) is 0.366. The van der Waals surface area contributed by atoms with Gasteiger partial charge in [-0.15, -0.1) is 10.2 Å². The highest BCUT2D eigenvalue weighted by Crippen LogP contribution is 2.40. The van der Waals surface area contributed by atoms with Crippen molar-refractivity contribution in [2.24, 2.45) is 7.05 Å². The average molecular weight is 568 g/mol. The van der Waals surface area contributed by atoms with Crippen LogP contribution >= 0.6 is 0 Å². The van der Waals surface area contributed by atoms with E-state index < -0.39 is 34.2 Å². The molecule has 2 aromatic heterocycles. The van der Waals surface area contributed by atoms with E-state index in [0.29, 0.717) is 22.5 Å². The summed E-state index contributed by atoms with van der Waals surface area (Å²) in [5.74, 6) is -0.777. The molecule has 1 aliphatic heterocycles. The lowest BCUT2D eigenvalue weighted by Crippen LogP contribution is -2.25. The van der Waals surface area contributed by atoms with Gasteiger partial charge < -0.3 is 4.57 Å². The summed E-state index contributed by atoms with van der Waals surface area (Å²) in [5, 5.41) is 17.6. The summed E-state index contributed by atoms with van der Waals surface area (Å²) in [7, 11) is -2.10. The van der Waals surface area contributed by atoms with Crippen molar-refractivity contribution >= 4 is 27.6 Å². The van der Waals surface area contributed by atoms with Crippen LogP contribution in [0.15, 0.2) is 54.9 Å². The lowest BCUT2D eigenvalue weighted by molar-refractivity contribution is -0.138. The molecule has 4 aromatic rings. The van der Waals surface area contributed by atoms with Gasteiger partial charge in [0.25, 0.3) is 5.91 Å². The fourth-order valence-electron chi connectivity index (χ4n) is 4.45. The van der Waals surface area contributed by atoms with E-state index in [-0.39, 0.29) is 34.1 Å². The number of benzene rings is 2. The maximum Gasteiger partial charge on any atom is 0.416 e. The number of carbonyl (C=O) groups excluding carboxylic acids is 1. The van der Waals surface area contributed by atoms with Gasteiger partial charge in [0.2, 0.25) is 10.0 Å². The molecule has 0 atom stereocenters. The molecule has 0 bridgehead atoms. The van der Waals surface area contributed by atoms with Gasteiger partial charge in [0.15, 0.2) is 5.82 Å². The van der Waals surface area contributed by atoms with Crippen LogP contribution in [0.1, 0.15) is 34.0 Å². The maximum atomic E-state index is 13.7. The summed E-state index contributed by atoms with van der Waals surface area (Å²) in [6.07, 6.45) is -3.20. The Labute approximate surface area is 226 Å². The number of alkyl halides is 3. The smallest absolute Gasteiger partial charge is 0.317 e. The predicted octanol–water partition coefficient (Wildman–Crippen LogP) is 4.36. The fourth-order valence-corrected chi connectivity index (χ4v) is 5.02. The third-order valence-electron chi connectivity index (χ3n) is 6.41. The van der Waals surface area contributed by atoms with Crippen LogP contribution in [-0.4, -0.2) is 39.8 Å². The van der Waals surface area contributed by atoms with E-state index in [9.17, 15) is 31.6 Å². The Morgan fingerprint density at radius 3 is 2.52 bits per heavy atom. The lowest BCUT2D eigenvalue weighted by atomic mass is 9.97. The zero-order chi connectivity index (χ0) is 28.8. The van der Waals surface area contributed by atoms with Crippen molar-refractivity contribution in [3.05, 3.63) is 77.1 Å². The van der Waals surface area contributed by atoms with Crippen LogP contribution in [-0.2, 0) is 29.8 Å². The van der Waals surface area contributed by atoms with Crippen LogP contribution in [0.3, 0.4) is 0 Å². The molecule has 0 aliphatic carbocycles. The molecule has 14 heteroatoms. The second-order valence-corrected chi connectivity index (χ2v) is 11.0. The number of aryl methyl sites for hydroxylation is 1. The molecule has 204 valence electrons. The first-order valence-corrected chi connectivity index (χ1v) is 13.5. The second-order valence-electron chi connectivity index (χ2n) is 8.96. The van der Waals surface area contributed by atoms with Crippen molar-refractivity contribution in [1.82, 2.24) is 19.7 Å². The molecule has 1 aliphatic rings. The molecular weight excluding hydrogens is 547 g/mol.